The molecule has 0 fully saturated rings. The van der Waals surface area contributed by atoms with Crippen molar-refractivity contribution < 1.29 is 9.59 Å². The standard InChI is InChI=1S/C20H25N3O2/c1-4-15-8-10-16(11-9-15)13-23(3)14-19(24)22-18-7-5-6-17(12-18)20(25)21-2/h5-12H,4,13-14H2,1-3H3,(H,21,25)(H,22,24). The molecule has 0 atom stereocenters. The van der Waals surface area contributed by atoms with Crippen LogP contribution in [-0.2, 0) is 17.8 Å². The van der Waals surface area contributed by atoms with Gasteiger partial charge >= 0.3 is 0 Å². The van der Waals surface area contributed by atoms with Crippen LogP contribution in [0.3, 0.4) is 0 Å². The maximum Gasteiger partial charge on any atom is 0.251 e. The van der Waals surface area contributed by atoms with E-state index in [9.17, 15) is 9.59 Å². The molecule has 2 aromatic carbocycles. The van der Waals surface area contributed by atoms with E-state index in [-0.39, 0.29) is 18.4 Å². The first-order valence-electron chi connectivity index (χ1n) is 8.40. The molecule has 2 rings (SSSR count). The second kappa shape index (κ2) is 8.99. The van der Waals surface area contributed by atoms with Gasteiger partial charge in [0.05, 0.1) is 6.54 Å². The van der Waals surface area contributed by atoms with Crippen LogP contribution < -0.4 is 10.6 Å². The molecule has 0 aliphatic carbocycles. The Morgan fingerprint density at radius 2 is 1.72 bits per heavy atom. The summed E-state index contributed by atoms with van der Waals surface area (Å²) in [5.74, 6) is -0.287. The van der Waals surface area contributed by atoms with Crippen LogP contribution in [-0.4, -0.2) is 37.4 Å². The Morgan fingerprint density at radius 1 is 1.04 bits per heavy atom. The van der Waals surface area contributed by atoms with Gasteiger partial charge in [-0.3, -0.25) is 14.5 Å². The van der Waals surface area contributed by atoms with Gasteiger partial charge in [-0.15, -0.1) is 0 Å². The topological polar surface area (TPSA) is 61.4 Å². The van der Waals surface area contributed by atoms with Gasteiger partial charge in [-0.1, -0.05) is 37.3 Å². The van der Waals surface area contributed by atoms with Gasteiger partial charge in [-0.2, -0.15) is 0 Å². The SMILES string of the molecule is CCc1ccc(CN(C)CC(=O)Nc2cccc(C(=O)NC)c2)cc1. The van der Waals surface area contributed by atoms with Gasteiger partial charge in [0.15, 0.2) is 0 Å². The highest BCUT2D eigenvalue weighted by molar-refractivity contribution is 5.97. The predicted molar refractivity (Wildman–Crippen MR) is 101 cm³/mol. The van der Waals surface area contributed by atoms with E-state index in [0.29, 0.717) is 17.8 Å². The fourth-order valence-electron chi connectivity index (χ4n) is 2.58. The van der Waals surface area contributed by atoms with Crippen molar-refractivity contribution in [3.63, 3.8) is 0 Å². The molecule has 5 heteroatoms. The molecule has 0 bridgehead atoms. The van der Waals surface area contributed by atoms with Gasteiger partial charge in [0.25, 0.3) is 5.91 Å². The number of likely N-dealkylation sites (N-methyl/N-ethyl adjacent to an activating group) is 1. The molecule has 132 valence electrons. The number of carbonyl (C=O) groups is 2. The van der Waals surface area contributed by atoms with Gasteiger partial charge in [0.2, 0.25) is 5.91 Å². The highest BCUT2D eigenvalue weighted by Crippen LogP contribution is 2.11. The number of aryl methyl sites for hydroxylation is 1. The number of amides is 2. The number of nitrogens with one attached hydrogen (secondary N) is 2. The molecule has 0 saturated heterocycles. The fraction of sp³-hybridized carbons (Fsp3) is 0.300. The maximum atomic E-state index is 12.2. The van der Waals surface area contributed by atoms with Gasteiger partial charge in [-0.05, 0) is 42.8 Å². The molecule has 0 spiro atoms. The van der Waals surface area contributed by atoms with Crippen molar-refractivity contribution in [3.05, 3.63) is 65.2 Å². The molecule has 5 nitrogen and oxygen atoms in total. The number of rotatable bonds is 7. The number of carbonyl (C=O) groups excluding carboxylic acids is 2. The molecular formula is C20H25N3O2. The first kappa shape index (κ1) is 18.7. The third kappa shape index (κ3) is 5.72. The fourth-order valence-corrected chi connectivity index (χ4v) is 2.58. The highest BCUT2D eigenvalue weighted by atomic mass is 16.2. The Balaban J connectivity index is 1.89. The van der Waals surface area contributed by atoms with Crippen LogP contribution >= 0.6 is 0 Å². The highest BCUT2D eigenvalue weighted by Gasteiger charge is 2.09. The largest absolute Gasteiger partial charge is 0.355 e. The first-order valence-corrected chi connectivity index (χ1v) is 8.40. The van der Waals surface area contributed by atoms with E-state index in [1.165, 1.54) is 11.1 Å². The van der Waals surface area contributed by atoms with E-state index in [0.717, 1.165) is 6.42 Å². The molecule has 2 amide bonds. The lowest BCUT2D eigenvalue weighted by atomic mass is 10.1. The van der Waals surface area contributed by atoms with E-state index < -0.39 is 0 Å². The lowest BCUT2D eigenvalue weighted by Crippen LogP contribution is -2.30. The quantitative estimate of drug-likeness (QED) is 0.815. The minimum Gasteiger partial charge on any atom is -0.355 e. The summed E-state index contributed by atoms with van der Waals surface area (Å²) in [5, 5.41) is 5.41. The molecule has 2 aromatic rings. The zero-order chi connectivity index (χ0) is 18.2. The first-order chi connectivity index (χ1) is 12.0. The van der Waals surface area contributed by atoms with Crippen LogP contribution in [0.5, 0.6) is 0 Å². The summed E-state index contributed by atoms with van der Waals surface area (Å²) in [5.41, 5.74) is 3.62. The maximum absolute atomic E-state index is 12.2. The second-order valence-electron chi connectivity index (χ2n) is 6.05. The number of hydrogen-bond acceptors (Lipinski definition) is 3. The van der Waals surface area contributed by atoms with Crippen molar-refractivity contribution in [2.75, 3.05) is 26.0 Å². The number of hydrogen-bond donors (Lipinski definition) is 2. The lowest BCUT2D eigenvalue weighted by Gasteiger charge is -2.17. The molecule has 0 aliphatic rings. The Kier molecular flexibility index (Phi) is 6.71. The van der Waals surface area contributed by atoms with Gasteiger partial charge in [0.1, 0.15) is 0 Å². The summed E-state index contributed by atoms with van der Waals surface area (Å²) in [6.07, 6.45) is 1.02. The van der Waals surface area contributed by atoms with Crippen molar-refractivity contribution >= 4 is 17.5 Å². The Morgan fingerprint density at radius 3 is 2.36 bits per heavy atom. The molecule has 0 saturated carbocycles. The number of anilines is 1. The Labute approximate surface area is 149 Å². The normalized spacial score (nSPS) is 10.6. The summed E-state index contributed by atoms with van der Waals surface area (Å²) in [7, 11) is 3.49. The summed E-state index contributed by atoms with van der Waals surface area (Å²) in [6.45, 7) is 3.11. The number of benzene rings is 2. The zero-order valence-corrected chi connectivity index (χ0v) is 15.0. The van der Waals surface area contributed by atoms with Gasteiger partial charge in [0, 0.05) is 24.8 Å². The van der Waals surface area contributed by atoms with Crippen molar-refractivity contribution in [1.29, 1.82) is 0 Å². The van der Waals surface area contributed by atoms with E-state index in [2.05, 4.69) is 41.8 Å². The van der Waals surface area contributed by atoms with Gasteiger partial charge < -0.3 is 10.6 Å². The van der Waals surface area contributed by atoms with E-state index in [4.69, 9.17) is 0 Å². The average molecular weight is 339 g/mol. The zero-order valence-electron chi connectivity index (χ0n) is 15.0. The van der Waals surface area contributed by atoms with Crippen LogP contribution in [0.2, 0.25) is 0 Å². The summed E-state index contributed by atoms with van der Waals surface area (Å²) in [4.78, 5) is 25.8. The average Bonchev–Trinajstić information content (AvgIpc) is 2.61. The third-order valence-corrected chi connectivity index (χ3v) is 3.93. The molecule has 25 heavy (non-hydrogen) atoms. The molecule has 2 N–H and O–H groups in total. The molecule has 0 aromatic heterocycles. The van der Waals surface area contributed by atoms with E-state index in [1.54, 1.807) is 31.3 Å². The van der Waals surface area contributed by atoms with E-state index >= 15 is 0 Å². The smallest absolute Gasteiger partial charge is 0.251 e. The molecule has 0 unspecified atom stereocenters. The minimum absolute atomic E-state index is 0.110. The lowest BCUT2D eigenvalue weighted by molar-refractivity contribution is -0.117. The van der Waals surface area contributed by atoms with Crippen LogP contribution in [0, 0.1) is 0 Å². The second-order valence-corrected chi connectivity index (χ2v) is 6.05. The molecule has 0 aliphatic heterocycles. The Hall–Kier alpha value is -2.66. The van der Waals surface area contributed by atoms with Crippen LogP contribution in [0.4, 0.5) is 5.69 Å². The van der Waals surface area contributed by atoms with Crippen LogP contribution in [0.25, 0.3) is 0 Å². The third-order valence-electron chi connectivity index (χ3n) is 3.93. The molecule has 0 heterocycles. The Bertz CT molecular complexity index is 726. The van der Waals surface area contributed by atoms with Crippen LogP contribution in [0.15, 0.2) is 48.5 Å². The predicted octanol–water partition coefficient (Wildman–Crippen LogP) is 2.68. The minimum atomic E-state index is -0.177. The van der Waals surface area contributed by atoms with E-state index in [1.807, 2.05) is 11.9 Å². The molecular weight excluding hydrogens is 314 g/mol. The summed E-state index contributed by atoms with van der Waals surface area (Å²) >= 11 is 0. The van der Waals surface area contributed by atoms with Crippen LogP contribution in [0.1, 0.15) is 28.4 Å². The molecule has 0 radical (unpaired) electrons. The number of nitrogens with zero attached hydrogens (tertiary/aromatic N) is 1. The summed E-state index contributed by atoms with van der Waals surface area (Å²) in [6, 6.07) is 15.3. The summed E-state index contributed by atoms with van der Waals surface area (Å²) < 4.78 is 0. The van der Waals surface area contributed by atoms with Crippen molar-refractivity contribution in [1.82, 2.24) is 10.2 Å². The van der Waals surface area contributed by atoms with Crippen molar-refractivity contribution in [2.24, 2.45) is 0 Å². The monoisotopic (exact) mass is 339 g/mol. The van der Waals surface area contributed by atoms with Gasteiger partial charge in [-0.25, -0.2) is 0 Å². The van der Waals surface area contributed by atoms with Crippen molar-refractivity contribution in [3.8, 4) is 0 Å². The van der Waals surface area contributed by atoms with Crippen molar-refractivity contribution in [2.45, 2.75) is 19.9 Å².